The Labute approximate surface area is 80.7 Å². The first kappa shape index (κ1) is 11.0. The highest BCUT2D eigenvalue weighted by Gasteiger charge is 2.23. The Morgan fingerprint density at radius 3 is 2.31 bits per heavy atom. The third-order valence-electron chi connectivity index (χ3n) is 2.26. The molecule has 1 aliphatic rings. The van der Waals surface area contributed by atoms with Crippen molar-refractivity contribution in [2.45, 2.75) is 33.4 Å². The highest BCUT2D eigenvalue weighted by Crippen LogP contribution is 2.22. The van der Waals surface area contributed by atoms with Crippen molar-refractivity contribution in [2.24, 2.45) is 5.41 Å². The van der Waals surface area contributed by atoms with Crippen LogP contribution in [0.25, 0.3) is 0 Å². The minimum atomic E-state index is -0.302. The summed E-state index contributed by atoms with van der Waals surface area (Å²) in [5.41, 5.74) is 0.192. The number of aliphatic hydroxyl groups is 1. The Bertz CT molecular complexity index is 147. The van der Waals surface area contributed by atoms with E-state index in [-0.39, 0.29) is 11.6 Å². The van der Waals surface area contributed by atoms with Gasteiger partial charge in [0.1, 0.15) is 6.23 Å². The third kappa shape index (κ3) is 4.07. The number of nitrogens with zero attached hydrogens (tertiary/aromatic N) is 1. The predicted molar refractivity (Wildman–Crippen MR) is 52.5 cm³/mol. The van der Waals surface area contributed by atoms with Gasteiger partial charge in [0.05, 0.1) is 13.2 Å². The molecule has 13 heavy (non-hydrogen) atoms. The van der Waals surface area contributed by atoms with Crippen molar-refractivity contribution < 1.29 is 9.84 Å². The molecule has 1 fully saturated rings. The van der Waals surface area contributed by atoms with E-state index in [2.05, 4.69) is 25.7 Å². The van der Waals surface area contributed by atoms with E-state index in [1.807, 2.05) is 0 Å². The first-order valence-corrected chi connectivity index (χ1v) is 4.99. The second-order valence-electron chi connectivity index (χ2n) is 4.89. The van der Waals surface area contributed by atoms with Crippen molar-refractivity contribution in [3.63, 3.8) is 0 Å². The summed E-state index contributed by atoms with van der Waals surface area (Å²) in [6, 6.07) is 0. The van der Waals surface area contributed by atoms with Crippen molar-refractivity contribution >= 4 is 0 Å². The van der Waals surface area contributed by atoms with E-state index in [4.69, 9.17) is 4.74 Å². The first-order valence-electron chi connectivity index (χ1n) is 4.99. The summed E-state index contributed by atoms with van der Waals surface area (Å²) in [4.78, 5) is 2.09. The van der Waals surface area contributed by atoms with Crippen molar-refractivity contribution in [3.8, 4) is 0 Å². The van der Waals surface area contributed by atoms with Gasteiger partial charge in [-0.2, -0.15) is 0 Å². The van der Waals surface area contributed by atoms with E-state index in [0.29, 0.717) is 0 Å². The fourth-order valence-electron chi connectivity index (χ4n) is 1.55. The highest BCUT2D eigenvalue weighted by atomic mass is 16.5. The maximum atomic E-state index is 9.88. The van der Waals surface area contributed by atoms with Gasteiger partial charge in [-0.05, 0) is 11.8 Å². The molecule has 1 heterocycles. The molecule has 0 spiro atoms. The minimum absolute atomic E-state index is 0.192. The van der Waals surface area contributed by atoms with Crippen LogP contribution in [-0.4, -0.2) is 42.5 Å². The topological polar surface area (TPSA) is 32.7 Å². The zero-order valence-corrected chi connectivity index (χ0v) is 8.92. The number of morpholine rings is 1. The summed E-state index contributed by atoms with van der Waals surface area (Å²) in [6.45, 7) is 9.67. The lowest BCUT2D eigenvalue weighted by Gasteiger charge is -2.34. The normalized spacial score (nSPS) is 23.1. The maximum absolute atomic E-state index is 9.88. The van der Waals surface area contributed by atoms with Crippen LogP contribution in [0.5, 0.6) is 0 Å². The molecule has 0 aromatic carbocycles. The SMILES string of the molecule is CC(C)(C)CC(O)N1CCOCC1. The molecule has 78 valence electrons. The third-order valence-corrected chi connectivity index (χ3v) is 2.26. The first-order chi connectivity index (χ1) is 5.99. The molecule has 0 saturated carbocycles. The molecule has 0 aromatic rings. The molecule has 0 aliphatic carbocycles. The zero-order valence-electron chi connectivity index (χ0n) is 8.92. The average Bonchev–Trinajstić information content (AvgIpc) is 2.03. The van der Waals surface area contributed by atoms with Gasteiger partial charge in [-0.1, -0.05) is 20.8 Å². The fourth-order valence-corrected chi connectivity index (χ4v) is 1.55. The summed E-state index contributed by atoms with van der Waals surface area (Å²) in [5.74, 6) is 0. The van der Waals surface area contributed by atoms with Gasteiger partial charge in [-0.15, -0.1) is 0 Å². The molecule has 3 heteroatoms. The van der Waals surface area contributed by atoms with E-state index in [0.717, 1.165) is 32.7 Å². The Hall–Kier alpha value is -0.120. The average molecular weight is 187 g/mol. The number of rotatable bonds is 2. The number of ether oxygens (including phenoxy) is 1. The standard InChI is InChI=1S/C10H21NO2/c1-10(2,3)8-9(12)11-4-6-13-7-5-11/h9,12H,4-8H2,1-3H3. The van der Waals surface area contributed by atoms with Crippen LogP contribution in [0.4, 0.5) is 0 Å². The molecule has 1 unspecified atom stereocenters. The lowest BCUT2D eigenvalue weighted by atomic mass is 9.91. The van der Waals surface area contributed by atoms with Gasteiger partial charge in [0, 0.05) is 13.1 Å². The van der Waals surface area contributed by atoms with E-state index < -0.39 is 0 Å². The van der Waals surface area contributed by atoms with Crippen LogP contribution < -0.4 is 0 Å². The van der Waals surface area contributed by atoms with Crippen LogP contribution in [0.15, 0.2) is 0 Å². The largest absolute Gasteiger partial charge is 0.379 e. The summed E-state index contributed by atoms with van der Waals surface area (Å²) >= 11 is 0. The molecule has 1 saturated heterocycles. The predicted octanol–water partition coefficient (Wildman–Crippen LogP) is 1.07. The van der Waals surface area contributed by atoms with Gasteiger partial charge >= 0.3 is 0 Å². The van der Waals surface area contributed by atoms with Crippen LogP contribution in [0.2, 0.25) is 0 Å². The van der Waals surface area contributed by atoms with Crippen LogP contribution in [0, 0.1) is 5.41 Å². The molecule has 3 nitrogen and oxygen atoms in total. The minimum Gasteiger partial charge on any atom is -0.379 e. The molecular formula is C10H21NO2. The van der Waals surface area contributed by atoms with E-state index in [1.165, 1.54) is 0 Å². The summed E-state index contributed by atoms with van der Waals surface area (Å²) in [5, 5.41) is 9.88. The number of hydrogen-bond acceptors (Lipinski definition) is 3. The quantitative estimate of drug-likeness (QED) is 0.702. The second-order valence-corrected chi connectivity index (χ2v) is 4.89. The van der Waals surface area contributed by atoms with Crippen LogP contribution in [0.3, 0.4) is 0 Å². The number of hydrogen-bond donors (Lipinski definition) is 1. The van der Waals surface area contributed by atoms with Crippen molar-refractivity contribution in [2.75, 3.05) is 26.3 Å². The van der Waals surface area contributed by atoms with Gasteiger partial charge in [0.25, 0.3) is 0 Å². The number of aliphatic hydroxyl groups excluding tert-OH is 1. The van der Waals surface area contributed by atoms with Crippen LogP contribution >= 0.6 is 0 Å². The van der Waals surface area contributed by atoms with Gasteiger partial charge in [-0.3, -0.25) is 4.90 Å². The Morgan fingerprint density at radius 1 is 1.31 bits per heavy atom. The molecular weight excluding hydrogens is 166 g/mol. The molecule has 0 radical (unpaired) electrons. The smallest absolute Gasteiger partial charge is 0.108 e. The molecule has 0 amide bonds. The van der Waals surface area contributed by atoms with Gasteiger partial charge < -0.3 is 9.84 Å². The zero-order chi connectivity index (χ0) is 9.90. The van der Waals surface area contributed by atoms with Gasteiger partial charge in [-0.25, -0.2) is 0 Å². The van der Waals surface area contributed by atoms with Crippen molar-refractivity contribution in [1.29, 1.82) is 0 Å². The molecule has 0 aromatic heterocycles. The molecule has 1 N–H and O–H groups in total. The second kappa shape index (κ2) is 4.40. The van der Waals surface area contributed by atoms with Gasteiger partial charge in [0.2, 0.25) is 0 Å². The molecule has 1 aliphatic heterocycles. The Morgan fingerprint density at radius 2 is 1.85 bits per heavy atom. The van der Waals surface area contributed by atoms with E-state index >= 15 is 0 Å². The Kier molecular flexibility index (Phi) is 3.71. The maximum Gasteiger partial charge on any atom is 0.108 e. The summed E-state index contributed by atoms with van der Waals surface area (Å²) in [6.07, 6.45) is 0.524. The molecule has 1 atom stereocenters. The summed E-state index contributed by atoms with van der Waals surface area (Å²) in [7, 11) is 0. The fraction of sp³-hybridized carbons (Fsp3) is 1.00. The van der Waals surface area contributed by atoms with Gasteiger partial charge in [0.15, 0.2) is 0 Å². The van der Waals surface area contributed by atoms with E-state index in [1.54, 1.807) is 0 Å². The Balaban J connectivity index is 2.33. The van der Waals surface area contributed by atoms with Crippen molar-refractivity contribution in [1.82, 2.24) is 4.90 Å². The molecule has 1 rings (SSSR count). The summed E-state index contributed by atoms with van der Waals surface area (Å²) < 4.78 is 5.23. The highest BCUT2D eigenvalue weighted by molar-refractivity contribution is 4.71. The molecule has 0 bridgehead atoms. The van der Waals surface area contributed by atoms with E-state index in [9.17, 15) is 5.11 Å². The monoisotopic (exact) mass is 187 g/mol. The van der Waals surface area contributed by atoms with Crippen LogP contribution in [-0.2, 0) is 4.74 Å². The van der Waals surface area contributed by atoms with Crippen LogP contribution in [0.1, 0.15) is 27.2 Å². The lowest BCUT2D eigenvalue weighted by molar-refractivity contribution is -0.0734. The van der Waals surface area contributed by atoms with Crippen molar-refractivity contribution in [3.05, 3.63) is 0 Å². The lowest BCUT2D eigenvalue weighted by Crippen LogP contribution is -2.44.